The number of imide groups is 1. The third-order valence-corrected chi connectivity index (χ3v) is 4.45. The Morgan fingerprint density at radius 2 is 2.04 bits per heavy atom. The molecule has 0 radical (unpaired) electrons. The van der Waals surface area contributed by atoms with Gasteiger partial charge in [-0.2, -0.15) is 5.10 Å². The second-order valence-electron chi connectivity index (χ2n) is 6.22. The molecule has 4 amide bonds. The van der Waals surface area contributed by atoms with Crippen LogP contribution in [-0.2, 0) is 9.59 Å². The fourth-order valence-electron chi connectivity index (χ4n) is 2.95. The molecule has 1 fully saturated rings. The van der Waals surface area contributed by atoms with Crippen LogP contribution in [0.1, 0.15) is 24.2 Å². The second-order valence-corrected chi connectivity index (χ2v) is 6.22. The second kappa shape index (κ2) is 7.48. The lowest BCUT2D eigenvalue weighted by molar-refractivity contribution is -0.130. The van der Waals surface area contributed by atoms with Crippen LogP contribution in [0.4, 0.5) is 4.79 Å². The zero-order valence-corrected chi connectivity index (χ0v) is 15.4. The maximum absolute atomic E-state index is 12.2. The van der Waals surface area contributed by atoms with Crippen molar-refractivity contribution in [2.45, 2.75) is 19.9 Å². The van der Waals surface area contributed by atoms with Crippen molar-refractivity contribution < 1.29 is 19.1 Å². The van der Waals surface area contributed by atoms with Gasteiger partial charge in [0.1, 0.15) is 12.3 Å². The van der Waals surface area contributed by atoms with Crippen LogP contribution in [0.15, 0.2) is 30.5 Å². The molecule has 1 aliphatic rings. The van der Waals surface area contributed by atoms with Gasteiger partial charge < -0.3 is 15.4 Å². The van der Waals surface area contributed by atoms with Crippen LogP contribution in [0.25, 0.3) is 5.69 Å². The summed E-state index contributed by atoms with van der Waals surface area (Å²) in [7, 11) is 1.61. The van der Waals surface area contributed by atoms with Crippen molar-refractivity contribution in [3.05, 3.63) is 41.7 Å². The highest BCUT2D eigenvalue weighted by Gasteiger charge is 2.30. The minimum absolute atomic E-state index is 0.0740. The predicted molar refractivity (Wildman–Crippen MR) is 96.5 cm³/mol. The predicted octanol–water partition coefficient (Wildman–Crippen LogP) is 0.918. The van der Waals surface area contributed by atoms with E-state index in [0.717, 1.165) is 27.6 Å². The molecule has 2 aromatic rings. The number of amides is 4. The molecule has 0 bridgehead atoms. The average molecular weight is 371 g/mol. The lowest BCUT2D eigenvalue weighted by Gasteiger charge is -2.17. The number of nitrogens with one attached hydrogen (secondary N) is 2. The molecule has 27 heavy (non-hydrogen) atoms. The van der Waals surface area contributed by atoms with Gasteiger partial charge in [-0.3, -0.25) is 14.5 Å². The van der Waals surface area contributed by atoms with Gasteiger partial charge in [-0.15, -0.1) is 0 Å². The normalized spacial score (nSPS) is 14.9. The van der Waals surface area contributed by atoms with E-state index in [0.29, 0.717) is 0 Å². The third-order valence-electron chi connectivity index (χ3n) is 4.45. The van der Waals surface area contributed by atoms with E-state index in [2.05, 4.69) is 15.7 Å². The SMILES string of the molecule is COc1ccc(-n2ncc([C@@H](C)NC(=O)CN3C(=O)CNC3=O)c2C)cc1. The Hall–Kier alpha value is -3.36. The number of nitrogens with zero attached hydrogens (tertiary/aromatic N) is 3. The topological polar surface area (TPSA) is 106 Å². The van der Waals surface area contributed by atoms with Gasteiger partial charge >= 0.3 is 6.03 Å². The van der Waals surface area contributed by atoms with Crippen LogP contribution in [0.2, 0.25) is 0 Å². The van der Waals surface area contributed by atoms with E-state index in [9.17, 15) is 14.4 Å². The first-order valence-electron chi connectivity index (χ1n) is 8.47. The van der Waals surface area contributed by atoms with Gasteiger partial charge in [0.2, 0.25) is 5.91 Å². The Morgan fingerprint density at radius 3 is 2.63 bits per heavy atom. The molecule has 9 heteroatoms. The van der Waals surface area contributed by atoms with E-state index < -0.39 is 17.8 Å². The Labute approximate surface area is 156 Å². The standard InChI is InChI=1S/C18H21N5O4/c1-11(21-16(24)10-22-17(25)9-19-18(22)26)15-8-20-23(12(15)2)13-4-6-14(27-3)7-5-13/h4-8,11H,9-10H2,1-3H3,(H,19,26)(H,21,24)/t11-/m1/s1. The van der Waals surface area contributed by atoms with Crippen LogP contribution < -0.4 is 15.4 Å². The van der Waals surface area contributed by atoms with Gasteiger partial charge in [0.15, 0.2) is 0 Å². The molecule has 142 valence electrons. The number of urea groups is 1. The molecule has 2 heterocycles. The van der Waals surface area contributed by atoms with Gasteiger partial charge in [-0.1, -0.05) is 0 Å². The van der Waals surface area contributed by atoms with Crippen LogP contribution >= 0.6 is 0 Å². The molecule has 1 aliphatic heterocycles. The third kappa shape index (κ3) is 3.76. The van der Waals surface area contributed by atoms with E-state index in [1.54, 1.807) is 18.0 Å². The fraction of sp³-hybridized carbons (Fsp3) is 0.333. The quantitative estimate of drug-likeness (QED) is 0.735. The highest BCUT2D eigenvalue weighted by Crippen LogP contribution is 2.21. The minimum atomic E-state index is -0.550. The van der Waals surface area contributed by atoms with E-state index in [1.165, 1.54) is 0 Å². The lowest BCUT2D eigenvalue weighted by Crippen LogP contribution is -2.41. The first-order valence-corrected chi connectivity index (χ1v) is 8.47. The number of hydrogen-bond acceptors (Lipinski definition) is 5. The molecule has 1 atom stereocenters. The molecule has 1 saturated heterocycles. The maximum atomic E-state index is 12.2. The van der Waals surface area contributed by atoms with Crippen molar-refractivity contribution in [3.8, 4) is 11.4 Å². The molecule has 0 spiro atoms. The summed E-state index contributed by atoms with van der Waals surface area (Å²) < 4.78 is 6.93. The van der Waals surface area contributed by atoms with E-state index in [4.69, 9.17) is 4.74 Å². The summed E-state index contributed by atoms with van der Waals surface area (Å²) in [5, 5.41) is 9.58. The number of methoxy groups -OCH3 is 1. The molecule has 1 aromatic heterocycles. The van der Waals surface area contributed by atoms with Gasteiger partial charge in [0.25, 0.3) is 5.91 Å². The molecule has 0 saturated carbocycles. The summed E-state index contributed by atoms with van der Waals surface area (Å²) in [4.78, 5) is 36.2. The van der Waals surface area contributed by atoms with Crippen LogP contribution in [0.5, 0.6) is 5.75 Å². The first-order chi connectivity index (χ1) is 12.9. The average Bonchev–Trinajstić information content (AvgIpc) is 3.19. The molecule has 9 nitrogen and oxygen atoms in total. The molecule has 1 aromatic carbocycles. The maximum Gasteiger partial charge on any atom is 0.325 e. The number of aromatic nitrogens is 2. The van der Waals surface area contributed by atoms with Crippen molar-refractivity contribution in [1.29, 1.82) is 0 Å². The van der Waals surface area contributed by atoms with Crippen molar-refractivity contribution in [2.24, 2.45) is 0 Å². The molecule has 0 unspecified atom stereocenters. The monoisotopic (exact) mass is 371 g/mol. The van der Waals surface area contributed by atoms with E-state index in [1.807, 2.05) is 38.1 Å². The number of carbonyl (C=O) groups is 3. The number of hydrogen-bond donors (Lipinski definition) is 2. The van der Waals surface area contributed by atoms with E-state index in [-0.39, 0.29) is 19.1 Å². The number of ether oxygens (including phenoxy) is 1. The smallest absolute Gasteiger partial charge is 0.325 e. The molecule has 0 aliphatic carbocycles. The Kier molecular flexibility index (Phi) is 5.11. The Bertz CT molecular complexity index is 858. The van der Waals surface area contributed by atoms with Crippen molar-refractivity contribution in [3.63, 3.8) is 0 Å². The zero-order valence-electron chi connectivity index (χ0n) is 15.4. The highest BCUT2D eigenvalue weighted by atomic mass is 16.5. The van der Waals surface area contributed by atoms with E-state index >= 15 is 0 Å². The Balaban J connectivity index is 1.69. The van der Waals surface area contributed by atoms with Crippen LogP contribution in [0.3, 0.4) is 0 Å². The molecular formula is C18H21N5O4. The fourth-order valence-corrected chi connectivity index (χ4v) is 2.95. The van der Waals surface area contributed by atoms with Gasteiger partial charge in [0, 0.05) is 11.3 Å². The molecule has 3 rings (SSSR count). The summed E-state index contributed by atoms with van der Waals surface area (Å²) in [6.07, 6.45) is 1.69. The number of rotatable bonds is 6. The van der Waals surface area contributed by atoms with Crippen LogP contribution in [0, 0.1) is 6.92 Å². The molecule has 2 N–H and O–H groups in total. The number of carbonyl (C=O) groups excluding carboxylic acids is 3. The summed E-state index contributed by atoms with van der Waals surface area (Å²) >= 11 is 0. The minimum Gasteiger partial charge on any atom is -0.497 e. The highest BCUT2D eigenvalue weighted by molar-refractivity contribution is 6.04. The van der Waals surface area contributed by atoms with Gasteiger partial charge in [-0.05, 0) is 38.1 Å². The van der Waals surface area contributed by atoms with Gasteiger partial charge in [0.05, 0.1) is 31.6 Å². The van der Waals surface area contributed by atoms with Crippen molar-refractivity contribution >= 4 is 17.8 Å². The summed E-state index contributed by atoms with van der Waals surface area (Å²) in [6, 6.07) is 6.60. The first kappa shape index (κ1) is 18.4. The zero-order chi connectivity index (χ0) is 19.6. The largest absolute Gasteiger partial charge is 0.497 e. The van der Waals surface area contributed by atoms with Crippen molar-refractivity contribution in [2.75, 3.05) is 20.2 Å². The Morgan fingerprint density at radius 1 is 1.33 bits per heavy atom. The summed E-state index contributed by atoms with van der Waals surface area (Å²) in [5.74, 6) is -0.0688. The van der Waals surface area contributed by atoms with Gasteiger partial charge in [-0.25, -0.2) is 9.48 Å². The molecular weight excluding hydrogens is 350 g/mol. The van der Waals surface area contributed by atoms with Crippen molar-refractivity contribution in [1.82, 2.24) is 25.3 Å². The van der Waals surface area contributed by atoms with Crippen LogP contribution in [-0.4, -0.2) is 52.7 Å². The number of benzene rings is 1. The summed E-state index contributed by atoms with van der Waals surface area (Å²) in [6.45, 7) is 3.36. The summed E-state index contributed by atoms with van der Waals surface area (Å²) in [5.41, 5.74) is 2.59. The lowest BCUT2D eigenvalue weighted by atomic mass is 10.1.